The van der Waals surface area contributed by atoms with E-state index in [1.54, 1.807) is 25.1 Å². The third kappa shape index (κ3) is 4.70. The molecule has 1 amide bonds. The fraction of sp³-hybridized carbons (Fsp3) is 0.176. The molecule has 0 unspecified atom stereocenters. The van der Waals surface area contributed by atoms with Crippen molar-refractivity contribution in [3.8, 4) is 0 Å². The summed E-state index contributed by atoms with van der Waals surface area (Å²) in [5.41, 5.74) is 1.30. The lowest BCUT2D eigenvalue weighted by Gasteiger charge is -2.10. The van der Waals surface area contributed by atoms with E-state index in [-0.39, 0.29) is 5.91 Å². The molecular formula is C17H17FN2O2. The van der Waals surface area contributed by atoms with Crippen molar-refractivity contribution < 1.29 is 14.0 Å². The maximum absolute atomic E-state index is 13.4. The Balaban J connectivity index is 1.80. The number of amides is 1. The van der Waals surface area contributed by atoms with Gasteiger partial charge < -0.3 is 10.2 Å². The minimum absolute atomic E-state index is 0.283. The van der Waals surface area contributed by atoms with E-state index < -0.39 is 11.9 Å². The van der Waals surface area contributed by atoms with E-state index in [2.05, 4.69) is 10.5 Å². The smallest absolute Gasteiger partial charge is 0.263 e. The van der Waals surface area contributed by atoms with Gasteiger partial charge in [0.15, 0.2) is 0 Å². The summed E-state index contributed by atoms with van der Waals surface area (Å²) in [6.45, 7) is 2.00. The number of hydrogen-bond acceptors (Lipinski definition) is 3. The predicted octanol–water partition coefficient (Wildman–Crippen LogP) is 2.88. The Morgan fingerprint density at radius 3 is 2.64 bits per heavy atom. The van der Waals surface area contributed by atoms with Crippen LogP contribution < -0.4 is 5.32 Å². The van der Waals surface area contributed by atoms with Crippen LogP contribution in [0.15, 0.2) is 59.8 Å². The van der Waals surface area contributed by atoms with Gasteiger partial charge >= 0.3 is 0 Å². The van der Waals surface area contributed by atoms with Gasteiger partial charge in [-0.15, -0.1) is 0 Å². The van der Waals surface area contributed by atoms with Crippen LogP contribution >= 0.6 is 0 Å². The molecule has 2 aromatic rings. The molecule has 114 valence electrons. The second-order valence-corrected chi connectivity index (χ2v) is 4.71. The van der Waals surface area contributed by atoms with Crippen LogP contribution in [-0.4, -0.2) is 18.2 Å². The van der Waals surface area contributed by atoms with Gasteiger partial charge in [0.05, 0.1) is 6.21 Å². The van der Waals surface area contributed by atoms with Gasteiger partial charge in [-0.2, -0.15) is 0 Å². The maximum atomic E-state index is 13.4. The molecule has 0 aliphatic carbocycles. The molecule has 5 heteroatoms. The third-order valence-corrected chi connectivity index (χ3v) is 2.99. The first kappa shape index (κ1) is 15.7. The molecule has 4 nitrogen and oxygen atoms in total. The summed E-state index contributed by atoms with van der Waals surface area (Å²) in [5.74, 6) is -0.675. The molecule has 1 atom stereocenters. The quantitative estimate of drug-likeness (QED) is 0.659. The SMILES string of the molecule is C[C@@H](O/N=C\c1ccccc1F)C(=O)NCc1ccccc1. The Morgan fingerprint density at radius 2 is 1.91 bits per heavy atom. The highest BCUT2D eigenvalue weighted by Crippen LogP contribution is 2.04. The summed E-state index contributed by atoms with van der Waals surface area (Å²) in [6, 6.07) is 15.7. The first-order valence-electron chi connectivity index (χ1n) is 6.92. The maximum Gasteiger partial charge on any atom is 0.263 e. The summed E-state index contributed by atoms with van der Waals surface area (Å²) < 4.78 is 13.4. The molecule has 0 spiro atoms. The van der Waals surface area contributed by atoms with Gasteiger partial charge in [-0.05, 0) is 18.6 Å². The van der Waals surface area contributed by atoms with E-state index in [9.17, 15) is 9.18 Å². The lowest BCUT2D eigenvalue weighted by atomic mass is 10.2. The standard InChI is InChI=1S/C17H17FN2O2/c1-13(17(21)19-11-14-7-3-2-4-8-14)22-20-12-15-9-5-6-10-16(15)18/h2-10,12-13H,11H2,1H3,(H,19,21)/b20-12-/t13-/m1/s1. The van der Waals surface area contributed by atoms with Crippen molar-refractivity contribution in [1.29, 1.82) is 0 Å². The monoisotopic (exact) mass is 300 g/mol. The van der Waals surface area contributed by atoms with Crippen molar-refractivity contribution in [1.82, 2.24) is 5.32 Å². The van der Waals surface area contributed by atoms with Crippen molar-refractivity contribution in [2.24, 2.45) is 5.16 Å². The molecule has 0 bridgehead atoms. The highest BCUT2D eigenvalue weighted by atomic mass is 19.1. The van der Waals surface area contributed by atoms with Crippen LogP contribution in [-0.2, 0) is 16.2 Å². The zero-order valence-electron chi connectivity index (χ0n) is 12.2. The molecule has 2 aromatic carbocycles. The van der Waals surface area contributed by atoms with Crippen LogP contribution in [0.5, 0.6) is 0 Å². The second kappa shape index (κ2) is 7.93. The molecule has 0 aliphatic heterocycles. The first-order chi connectivity index (χ1) is 10.7. The average molecular weight is 300 g/mol. The largest absolute Gasteiger partial charge is 0.383 e. The third-order valence-electron chi connectivity index (χ3n) is 2.99. The second-order valence-electron chi connectivity index (χ2n) is 4.71. The average Bonchev–Trinajstić information content (AvgIpc) is 2.55. The zero-order chi connectivity index (χ0) is 15.8. The lowest BCUT2D eigenvalue weighted by molar-refractivity contribution is -0.131. The Bertz CT molecular complexity index is 644. The van der Waals surface area contributed by atoms with Crippen LogP contribution in [0.1, 0.15) is 18.1 Å². The minimum atomic E-state index is -0.758. The van der Waals surface area contributed by atoms with Crippen molar-refractivity contribution in [2.45, 2.75) is 19.6 Å². The van der Waals surface area contributed by atoms with E-state index in [0.717, 1.165) is 5.56 Å². The molecule has 0 heterocycles. The number of nitrogens with zero attached hydrogens (tertiary/aromatic N) is 1. The summed E-state index contributed by atoms with van der Waals surface area (Å²) in [4.78, 5) is 16.9. The number of rotatable bonds is 6. The zero-order valence-corrected chi connectivity index (χ0v) is 12.2. The highest BCUT2D eigenvalue weighted by molar-refractivity contribution is 5.81. The molecule has 0 aliphatic rings. The first-order valence-corrected chi connectivity index (χ1v) is 6.92. The molecule has 0 saturated carbocycles. The van der Waals surface area contributed by atoms with E-state index in [1.165, 1.54) is 12.3 Å². The van der Waals surface area contributed by atoms with E-state index >= 15 is 0 Å². The highest BCUT2D eigenvalue weighted by Gasteiger charge is 2.13. The van der Waals surface area contributed by atoms with Gasteiger partial charge in [0.2, 0.25) is 6.10 Å². The van der Waals surface area contributed by atoms with Gasteiger partial charge in [-0.25, -0.2) is 4.39 Å². The normalized spacial score (nSPS) is 12.1. The summed E-state index contributed by atoms with van der Waals surface area (Å²) >= 11 is 0. The van der Waals surface area contributed by atoms with Gasteiger partial charge in [0.25, 0.3) is 5.91 Å². The van der Waals surface area contributed by atoms with E-state index in [4.69, 9.17) is 4.84 Å². The molecule has 0 radical (unpaired) electrons. The fourth-order valence-corrected chi connectivity index (χ4v) is 1.73. The molecule has 22 heavy (non-hydrogen) atoms. The van der Waals surface area contributed by atoms with Crippen molar-refractivity contribution >= 4 is 12.1 Å². The van der Waals surface area contributed by atoms with Crippen LogP contribution in [0, 0.1) is 5.82 Å². The summed E-state index contributed by atoms with van der Waals surface area (Å²) in [6.07, 6.45) is 0.489. The lowest BCUT2D eigenvalue weighted by Crippen LogP contribution is -2.33. The molecule has 0 fully saturated rings. The predicted molar refractivity (Wildman–Crippen MR) is 82.8 cm³/mol. The number of carbonyl (C=O) groups excluding carboxylic acids is 1. The molecule has 2 rings (SSSR count). The topological polar surface area (TPSA) is 50.7 Å². The Hall–Kier alpha value is -2.69. The molecule has 0 saturated heterocycles. The van der Waals surface area contributed by atoms with Crippen LogP contribution in [0.3, 0.4) is 0 Å². The van der Waals surface area contributed by atoms with E-state index in [1.807, 2.05) is 30.3 Å². The minimum Gasteiger partial charge on any atom is -0.383 e. The van der Waals surface area contributed by atoms with Crippen LogP contribution in [0.25, 0.3) is 0 Å². The van der Waals surface area contributed by atoms with Crippen molar-refractivity contribution in [2.75, 3.05) is 0 Å². The summed E-state index contributed by atoms with van der Waals surface area (Å²) in [7, 11) is 0. The van der Waals surface area contributed by atoms with E-state index in [0.29, 0.717) is 12.1 Å². The van der Waals surface area contributed by atoms with Crippen LogP contribution in [0.4, 0.5) is 4.39 Å². The Labute approximate surface area is 128 Å². The van der Waals surface area contributed by atoms with Crippen molar-refractivity contribution in [3.05, 3.63) is 71.5 Å². The summed E-state index contributed by atoms with van der Waals surface area (Å²) in [5, 5.41) is 6.40. The Kier molecular flexibility index (Phi) is 5.65. The number of halogens is 1. The van der Waals surface area contributed by atoms with Gasteiger partial charge in [0, 0.05) is 12.1 Å². The van der Waals surface area contributed by atoms with Gasteiger partial charge in [-0.3, -0.25) is 4.79 Å². The fourth-order valence-electron chi connectivity index (χ4n) is 1.73. The van der Waals surface area contributed by atoms with Gasteiger partial charge in [-0.1, -0.05) is 53.7 Å². The number of benzene rings is 2. The number of nitrogens with one attached hydrogen (secondary N) is 1. The van der Waals surface area contributed by atoms with Crippen LogP contribution in [0.2, 0.25) is 0 Å². The van der Waals surface area contributed by atoms with Crippen molar-refractivity contribution in [3.63, 3.8) is 0 Å². The van der Waals surface area contributed by atoms with Gasteiger partial charge in [0.1, 0.15) is 5.82 Å². The number of carbonyl (C=O) groups is 1. The number of hydrogen-bond donors (Lipinski definition) is 1. The Morgan fingerprint density at radius 1 is 1.23 bits per heavy atom. The number of oxime groups is 1. The molecular weight excluding hydrogens is 283 g/mol. The molecule has 1 N–H and O–H groups in total. The molecule has 0 aromatic heterocycles.